The molecule has 4 nitrogen and oxygen atoms in total. The van der Waals surface area contributed by atoms with Gasteiger partial charge in [-0.05, 0) is 127 Å². The van der Waals surface area contributed by atoms with Gasteiger partial charge < -0.3 is 17.6 Å². The van der Waals surface area contributed by atoms with Gasteiger partial charge in [-0.2, -0.15) is 0 Å². The van der Waals surface area contributed by atoms with Crippen LogP contribution in [0.5, 0.6) is 0 Å². The molecule has 2 aliphatic rings. The summed E-state index contributed by atoms with van der Waals surface area (Å²) in [7, 11) is 0. The third-order valence-corrected chi connectivity index (χ3v) is 25.0. The fraction of sp³-hybridized carbons (Fsp3) is 0.0204. The fourth-order valence-electron chi connectivity index (χ4n) is 21.4. The largest absolute Gasteiger partial charge is 0.308 e. The molecule has 4 heteroatoms. The lowest BCUT2D eigenvalue weighted by atomic mass is 9.67. The molecule has 0 aliphatic heterocycles. The first-order valence-corrected chi connectivity index (χ1v) is 35.8. The highest BCUT2D eigenvalue weighted by Gasteiger charge is 2.50. The van der Waals surface area contributed by atoms with Crippen molar-refractivity contribution in [1.29, 1.82) is 0 Å². The highest BCUT2D eigenvalue weighted by molar-refractivity contribution is 6.40. The summed E-state index contributed by atoms with van der Waals surface area (Å²) >= 11 is 0. The van der Waals surface area contributed by atoms with Gasteiger partial charge in [0.2, 0.25) is 0 Å². The van der Waals surface area contributed by atoms with Gasteiger partial charge in [-0.15, -0.1) is 0 Å². The standard InChI is InChI=1S/C98H54N4/c1-5-24-56(25-6-1)97(57-26-7-2-8-27-57)76-41-17-13-32-61(76)72-52-83-73(51-78(72)97)75-54-85-88(89-66-34-15-19-43-80(66)99(83)94(75)89)70-40-22-38-68-86-60(36-23-45-82(86)101(85)93(68)70)55-46-49-77-71(50-55)63-47-48-65-74-53-84-87(69-39-21-37-64-62-33-14-18-42-79(62)100(84)92(64)69)90-67-35-16-20-44-81(67)102(95(74)90)96(65)91(63)98(77,58-28-9-3-10-29-58)59-30-11-4-12-31-59/h1-54H. The Kier molecular flexibility index (Phi) is 9.39. The minimum Gasteiger partial charge on any atom is -0.308 e. The maximum atomic E-state index is 2.68. The summed E-state index contributed by atoms with van der Waals surface area (Å²) in [5.41, 5.74) is 31.7. The van der Waals surface area contributed by atoms with Crippen LogP contribution in [-0.4, -0.2) is 17.6 Å². The fourth-order valence-corrected chi connectivity index (χ4v) is 21.4. The third kappa shape index (κ3) is 5.83. The van der Waals surface area contributed by atoms with Crippen molar-refractivity contribution in [2.45, 2.75) is 10.8 Å². The first-order chi connectivity index (χ1) is 50.7. The molecular weight excluding hydrogens is 1230 g/mol. The van der Waals surface area contributed by atoms with Crippen LogP contribution in [0, 0.1) is 0 Å². The highest BCUT2D eigenvalue weighted by atomic mass is 15.0. The number of aromatic nitrogens is 4. The van der Waals surface area contributed by atoms with Gasteiger partial charge in [0.05, 0.1) is 77.0 Å². The van der Waals surface area contributed by atoms with Crippen molar-refractivity contribution in [2.24, 2.45) is 0 Å². The van der Waals surface area contributed by atoms with Crippen molar-refractivity contribution in [3.8, 4) is 33.4 Å². The molecule has 8 heterocycles. The lowest BCUT2D eigenvalue weighted by molar-refractivity contribution is 0.769. The van der Waals surface area contributed by atoms with E-state index in [0.29, 0.717) is 0 Å². The van der Waals surface area contributed by atoms with E-state index in [9.17, 15) is 0 Å². The Morgan fingerprint density at radius 3 is 1.27 bits per heavy atom. The van der Waals surface area contributed by atoms with Crippen molar-refractivity contribution >= 4 is 152 Å². The molecule has 0 fully saturated rings. The van der Waals surface area contributed by atoms with E-state index in [0.717, 1.165) is 0 Å². The van der Waals surface area contributed by atoms with Crippen molar-refractivity contribution < 1.29 is 0 Å². The molecule has 0 atom stereocenters. The second-order valence-electron chi connectivity index (χ2n) is 29.1. The van der Waals surface area contributed by atoms with E-state index in [4.69, 9.17) is 0 Å². The number of rotatable bonds is 5. The Bertz CT molecular complexity index is 7760. The summed E-state index contributed by atoms with van der Waals surface area (Å²) in [6.07, 6.45) is 0. The van der Waals surface area contributed by atoms with Crippen LogP contribution in [-0.2, 0) is 10.8 Å². The first-order valence-electron chi connectivity index (χ1n) is 35.8. The van der Waals surface area contributed by atoms with E-state index in [1.54, 1.807) is 0 Å². The van der Waals surface area contributed by atoms with E-state index in [1.165, 1.54) is 230 Å². The van der Waals surface area contributed by atoms with Gasteiger partial charge in [-0.1, -0.05) is 273 Å². The molecule has 102 heavy (non-hydrogen) atoms. The molecule has 24 aromatic rings. The van der Waals surface area contributed by atoms with Gasteiger partial charge >= 0.3 is 0 Å². The zero-order valence-corrected chi connectivity index (χ0v) is 55.0. The van der Waals surface area contributed by atoms with E-state index >= 15 is 0 Å². The Balaban J connectivity index is 0.750. The molecule has 26 rings (SSSR count). The van der Waals surface area contributed by atoms with Crippen LogP contribution < -0.4 is 0 Å². The minimum atomic E-state index is -0.695. The number of fused-ring (bicyclic) bond motifs is 33. The van der Waals surface area contributed by atoms with Crippen LogP contribution in [0.1, 0.15) is 44.5 Å². The molecule has 0 bridgehead atoms. The number of nitrogens with zero attached hydrogens (tertiary/aromatic N) is 4. The maximum Gasteiger partial charge on any atom is 0.0734 e. The Hall–Kier alpha value is -13.3. The molecule has 0 unspecified atom stereocenters. The monoisotopic (exact) mass is 1290 g/mol. The summed E-state index contributed by atoms with van der Waals surface area (Å²) in [5.74, 6) is 0. The van der Waals surface area contributed by atoms with Crippen LogP contribution in [0.15, 0.2) is 328 Å². The predicted molar refractivity (Wildman–Crippen MR) is 425 cm³/mol. The van der Waals surface area contributed by atoms with Gasteiger partial charge in [0, 0.05) is 91.7 Å². The normalized spacial score (nSPS) is 14.2. The summed E-state index contributed by atoms with van der Waals surface area (Å²) < 4.78 is 10.5. The van der Waals surface area contributed by atoms with E-state index in [2.05, 4.69) is 345 Å². The van der Waals surface area contributed by atoms with Crippen LogP contribution >= 0.6 is 0 Å². The SMILES string of the molecule is c1ccc(C2(c3ccccc3)c3ccccc3-c3cc4c(cc32)c2cc3c(c5cccc6c7c(-c8ccc9c(c8)-c8ccc%10c%11cc%12c(c%13cccc%14c%15ccccc%15n%12c%14%13)c%12c%13ccccc%13n(c%10c8C9(c8ccccc8)c8ccccc8)c%11%12)cccc7n3c65)c3c5ccccc5n4c23)cc1. The maximum absolute atomic E-state index is 2.68. The molecule has 0 radical (unpaired) electrons. The van der Waals surface area contributed by atoms with Crippen LogP contribution in [0.25, 0.3) is 186 Å². The second-order valence-corrected chi connectivity index (χ2v) is 29.1. The van der Waals surface area contributed by atoms with Crippen molar-refractivity contribution in [3.05, 3.63) is 372 Å². The zero-order chi connectivity index (χ0) is 65.7. The molecular formula is C98H54N4. The number of hydrogen-bond acceptors (Lipinski definition) is 0. The van der Waals surface area contributed by atoms with Crippen molar-refractivity contribution in [3.63, 3.8) is 0 Å². The summed E-state index contributed by atoms with van der Waals surface area (Å²) in [6.45, 7) is 0. The smallest absolute Gasteiger partial charge is 0.0734 e. The highest BCUT2D eigenvalue weighted by Crippen LogP contribution is 2.63. The summed E-state index contributed by atoms with van der Waals surface area (Å²) in [4.78, 5) is 0. The predicted octanol–water partition coefficient (Wildman–Crippen LogP) is 24.7. The summed E-state index contributed by atoms with van der Waals surface area (Å²) in [6, 6.07) is 126. The number of para-hydroxylation sites is 5. The average molecular weight is 1290 g/mol. The molecule has 0 saturated heterocycles. The quantitative estimate of drug-likeness (QED) is 0.163. The van der Waals surface area contributed by atoms with Gasteiger partial charge in [0.1, 0.15) is 0 Å². The Morgan fingerprint density at radius 2 is 0.618 bits per heavy atom. The van der Waals surface area contributed by atoms with Crippen molar-refractivity contribution in [2.75, 3.05) is 0 Å². The van der Waals surface area contributed by atoms with E-state index in [1.807, 2.05) is 0 Å². The van der Waals surface area contributed by atoms with E-state index < -0.39 is 10.8 Å². The Labute approximate surface area is 582 Å². The first kappa shape index (κ1) is 52.8. The minimum absolute atomic E-state index is 0.532. The van der Waals surface area contributed by atoms with Gasteiger partial charge in [-0.3, -0.25) is 0 Å². The zero-order valence-electron chi connectivity index (χ0n) is 55.0. The molecule has 0 saturated carbocycles. The average Bonchev–Trinajstić information content (AvgIpc) is 1.48. The van der Waals surface area contributed by atoms with E-state index in [-0.39, 0.29) is 0 Å². The third-order valence-electron chi connectivity index (χ3n) is 25.0. The van der Waals surface area contributed by atoms with Crippen LogP contribution in [0.4, 0.5) is 0 Å². The van der Waals surface area contributed by atoms with Crippen LogP contribution in [0.2, 0.25) is 0 Å². The molecule has 2 aliphatic carbocycles. The lowest BCUT2D eigenvalue weighted by Crippen LogP contribution is -2.29. The van der Waals surface area contributed by atoms with Crippen LogP contribution in [0.3, 0.4) is 0 Å². The molecule has 0 amide bonds. The van der Waals surface area contributed by atoms with Gasteiger partial charge in [-0.25, -0.2) is 0 Å². The molecule has 0 N–H and O–H groups in total. The second kappa shape index (κ2) is 18.1. The van der Waals surface area contributed by atoms with Crippen molar-refractivity contribution in [1.82, 2.24) is 17.6 Å². The molecule has 0 spiro atoms. The number of hydrogen-bond donors (Lipinski definition) is 0. The van der Waals surface area contributed by atoms with Gasteiger partial charge in [0.15, 0.2) is 0 Å². The summed E-state index contributed by atoms with van der Waals surface area (Å²) in [5, 5.41) is 20.6. The lowest BCUT2D eigenvalue weighted by Gasteiger charge is -2.34. The van der Waals surface area contributed by atoms with Gasteiger partial charge in [0.25, 0.3) is 0 Å². The Morgan fingerprint density at radius 1 is 0.176 bits per heavy atom. The molecule has 16 aromatic carbocycles. The number of benzene rings is 16. The molecule has 8 aromatic heterocycles. The molecule has 466 valence electrons. The topological polar surface area (TPSA) is 17.6 Å².